The number of benzene rings is 2. The first-order valence-electron chi connectivity index (χ1n) is 8.43. The Hall–Kier alpha value is -3.79. The smallest absolute Gasteiger partial charge is 0.311 e. The Bertz CT molecular complexity index is 1070. The van der Waals surface area contributed by atoms with Crippen LogP contribution in [0.4, 0.5) is 11.4 Å². The second kappa shape index (κ2) is 8.07. The van der Waals surface area contributed by atoms with Gasteiger partial charge in [0.15, 0.2) is 10.9 Å². The largest absolute Gasteiger partial charge is 0.502 e. The molecule has 0 atom stereocenters. The molecule has 2 N–H and O–H groups in total. The van der Waals surface area contributed by atoms with Crippen molar-refractivity contribution in [2.75, 3.05) is 11.5 Å². The van der Waals surface area contributed by atoms with Gasteiger partial charge in [0.05, 0.1) is 17.2 Å². The number of hydrogen-bond acceptors (Lipinski definition) is 7. The number of nitro benzene ring substituents is 1. The Morgan fingerprint density at radius 1 is 1.28 bits per heavy atom. The number of phenolic OH excluding ortho intramolecular Hbond substituents is 1. The summed E-state index contributed by atoms with van der Waals surface area (Å²) in [5.41, 5.74) is -0.211. The summed E-state index contributed by atoms with van der Waals surface area (Å²) in [6, 6.07) is 10.2. The Morgan fingerprint density at radius 2 is 2.03 bits per heavy atom. The van der Waals surface area contributed by atoms with E-state index >= 15 is 0 Å². The van der Waals surface area contributed by atoms with E-state index in [2.05, 4.69) is 5.32 Å². The van der Waals surface area contributed by atoms with Gasteiger partial charge in [-0.2, -0.15) is 0 Å². The fraction of sp³-hybridized carbons (Fsp3) is 0.105. The highest BCUT2D eigenvalue weighted by Crippen LogP contribution is 2.29. The Morgan fingerprint density at radius 3 is 2.72 bits per heavy atom. The predicted molar refractivity (Wildman–Crippen MR) is 109 cm³/mol. The number of hydrogen-bond donors (Lipinski definition) is 2. The molecule has 1 aliphatic heterocycles. The zero-order valence-electron chi connectivity index (χ0n) is 15.1. The molecule has 9 nitrogen and oxygen atoms in total. The average Bonchev–Trinajstić information content (AvgIpc) is 2.66. The quantitative estimate of drug-likeness (QED) is 0.254. The molecule has 148 valence electrons. The van der Waals surface area contributed by atoms with Crippen molar-refractivity contribution in [2.24, 2.45) is 0 Å². The molecule has 3 rings (SSSR count). The number of anilines is 1. The molecule has 2 aromatic carbocycles. The van der Waals surface area contributed by atoms with E-state index in [4.69, 9.17) is 17.0 Å². The normalized spacial score (nSPS) is 15.4. The fourth-order valence-electron chi connectivity index (χ4n) is 2.71. The van der Waals surface area contributed by atoms with E-state index in [0.29, 0.717) is 18.0 Å². The maximum absolute atomic E-state index is 13.0. The molecule has 1 heterocycles. The first-order valence-corrected chi connectivity index (χ1v) is 8.84. The number of amides is 2. The Kier molecular flexibility index (Phi) is 5.55. The SMILES string of the molecule is CCOc1cccc(N2C(=O)/C(=C/c3ccc(O)c([N+](=O)[O-])c3)C(=O)NC2=S)c1. The van der Waals surface area contributed by atoms with Crippen molar-refractivity contribution in [3.8, 4) is 11.5 Å². The van der Waals surface area contributed by atoms with Crippen LogP contribution in [0.2, 0.25) is 0 Å². The highest BCUT2D eigenvalue weighted by Gasteiger charge is 2.34. The molecule has 0 radical (unpaired) electrons. The van der Waals surface area contributed by atoms with Crippen molar-refractivity contribution in [2.45, 2.75) is 6.92 Å². The number of ether oxygens (including phenoxy) is 1. The molecular formula is C19H15N3O6S. The zero-order chi connectivity index (χ0) is 21.1. The van der Waals surface area contributed by atoms with Crippen LogP contribution in [0.15, 0.2) is 48.0 Å². The Labute approximate surface area is 170 Å². The van der Waals surface area contributed by atoms with Gasteiger partial charge in [-0.25, -0.2) is 0 Å². The van der Waals surface area contributed by atoms with Crippen molar-refractivity contribution >= 4 is 46.6 Å². The number of carbonyl (C=O) groups is 2. The topological polar surface area (TPSA) is 122 Å². The van der Waals surface area contributed by atoms with Gasteiger partial charge >= 0.3 is 5.69 Å². The average molecular weight is 413 g/mol. The van der Waals surface area contributed by atoms with Crippen molar-refractivity contribution in [1.29, 1.82) is 0 Å². The molecule has 0 aliphatic carbocycles. The number of thiocarbonyl (C=S) groups is 1. The first kappa shape index (κ1) is 20.0. The van der Waals surface area contributed by atoms with Crippen LogP contribution < -0.4 is 15.0 Å². The molecule has 2 aromatic rings. The number of aromatic hydroxyl groups is 1. The van der Waals surface area contributed by atoms with Gasteiger partial charge in [-0.3, -0.25) is 29.9 Å². The minimum atomic E-state index is -0.763. The van der Waals surface area contributed by atoms with Crippen LogP contribution in [0, 0.1) is 10.1 Å². The maximum Gasteiger partial charge on any atom is 0.311 e. The van der Waals surface area contributed by atoms with Crippen LogP contribution in [0.5, 0.6) is 11.5 Å². The minimum Gasteiger partial charge on any atom is -0.502 e. The molecule has 1 aliphatic rings. The maximum atomic E-state index is 13.0. The summed E-state index contributed by atoms with van der Waals surface area (Å²) in [7, 11) is 0. The predicted octanol–water partition coefficient (Wildman–Crippen LogP) is 2.53. The molecule has 0 saturated carbocycles. The molecule has 0 spiro atoms. The summed E-state index contributed by atoms with van der Waals surface area (Å²) in [6.45, 7) is 2.25. The summed E-state index contributed by atoms with van der Waals surface area (Å²) in [4.78, 5) is 36.7. The molecule has 1 saturated heterocycles. The fourth-order valence-corrected chi connectivity index (χ4v) is 3.00. The van der Waals surface area contributed by atoms with Gasteiger partial charge in [0.1, 0.15) is 11.3 Å². The van der Waals surface area contributed by atoms with E-state index in [1.807, 2.05) is 6.92 Å². The van der Waals surface area contributed by atoms with E-state index in [0.717, 1.165) is 17.0 Å². The third-order valence-electron chi connectivity index (χ3n) is 4.00. The van der Waals surface area contributed by atoms with Crippen LogP contribution >= 0.6 is 12.2 Å². The lowest BCUT2D eigenvalue weighted by molar-refractivity contribution is -0.385. The van der Waals surface area contributed by atoms with Gasteiger partial charge in [-0.1, -0.05) is 12.1 Å². The third-order valence-corrected chi connectivity index (χ3v) is 4.28. The van der Waals surface area contributed by atoms with E-state index in [1.165, 1.54) is 12.1 Å². The molecule has 1 fully saturated rings. The summed E-state index contributed by atoms with van der Waals surface area (Å²) in [5, 5.41) is 22.9. The van der Waals surface area contributed by atoms with Crippen molar-refractivity contribution in [1.82, 2.24) is 5.32 Å². The first-order chi connectivity index (χ1) is 13.8. The summed E-state index contributed by atoms with van der Waals surface area (Å²) in [6.07, 6.45) is 1.20. The molecule has 0 unspecified atom stereocenters. The number of phenols is 1. The summed E-state index contributed by atoms with van der Waals surface area (Å²) < 4.78 is 5.43. The molecule has 0 aromatic heterocycles. The Balaban J connectivity index is 2.01. The number of nitrogens with zero attached hydrogens (tertiary/aromatic N) is 2. The lowest BCUT2D eigenvalue weighted by Crippen LogP contribution is -2.54. The molecule has 2 amide bonds. The lowest BCUT2D eigenvalue weighted by Gasteiger charge is -2.29. The van der Waals surface area contributed by atoms with E-state index in [1.54, 1.807) is 24.3 Å². The monoisotopic (exact) mass is 413 g/mol. The van der Waals surface area contributed by atoms with E-state index in [-0.39, 0.29) is 16.2 Å². The van der Waals surface area contributed by atoms with Gasteiger partial charge in [0, 0.05) is 12.1 Å². The van der Waals surface area contributed by atoms with E-state index < -0.39 is 28.2 Å². The second-order valence-corrected chi connectivity index (χ2v) is 6.28. The molecular weight excluding hydrogens is 398 g/mol. The number of nitro groups is 1. The molecule has 10 heteroatoms. The number of nitrogens with one attached hydrogen (secondary N) is 1. The highest BCUT2D eigenvalue weighted by atomic mass is 32.1. The molecule has 0 bridgehead atoms. The van der Waals surface area contributed by atoms with Crippen molar-refractivity contribution in [3.05, 3.63) is 63.7 Å². The lowest BCUT2D eigenvalue weighted by atomic mass is 10.1. The zero-order valence-corrected chi connectivity index (χ0v) is 15.9. The van der Waals surface area contributed by atoms with Gasteiger partial charge in [-0.05, 0) is 49.0 Å². The van der Waals surface area contributed by atoms with Gasteiger partial charge in [0.2, 0.25) is 0 Å². The highest BCUT2D eigenvalue weighted by molar-refractivity contribution is 7.80. The van der Waals surface area contributed by atoms with Crippen LogP contribution in [-0.4, -0.2) is 33.6 Å². The van der Waals surface area contributed by atoms with E-state index in [9.17, 15) is 24.8 Å². The number of carbonyl (C=O) groups excluding carboxylic acids is 2. The van der Waals surface area contributed by atoms with Gasteiger partial charge in [-0.15, -0.1) is 0 Å². The van der Waals surface area contributed by atoms with Crippen LogP contribution in [0.3, 0.4) is 0 Å². The number of rotatable bonds is 5. The summed E-state index contributed by atoms with van der Waals surface area (Å²) in [5.74, 6) is -1.42. The van der Waals surface area contributed by atoms with Gasteiger partial charge in [0.25, 0.3) is 11.8 Å². The van der Waals surface area contributed by atoms with Crippen molar-refractivity contribution in [3.63, 3.8) is 0 Å². The van der Waals surface area contributed by atoms with Crippen LogP contribution in [0.25, 0.3) is 6.08 Å². The second-order valence-electron chi connectivity index (χ2n) is 5.89. The minimum absolute atomic E-state index is 0.0949. The summed E-state index contributed by atoms with van der Waals surface area (Å²) >= 11 is 5.14. The van der Waals surface area contributed by atoms with Gasteiger partial charge < -0.3 is 9.84 Å². The van der Waals surface area contributed by atoms with Crippen LogP contribution in [-0.2, 0) is 9.59 Å². The van der Waals surface area contributed by atoms with Crippen LogP contribution in [0.1, 0.15) is 12.5 Å². The third kappa shape index (κ3) is 4.06. The van der Waals surface area contributed by atoms with Crippen molar-refractivity contribution < 1.29 is 24.4 Å². The molecule has 29 heavy (non-hydrogen) atoms. The standard InChI is InChI=1S/C19H15N3O6S/c1-2-28-13-5-3-4-12(10-13)21-18(25)14(17(24)20-19(21)29)8-11-6-7-16(23)15(9-11)22(26)27/h3-10,23H,2H2,1H3,(H,20,24,29)/b14-8+.